The van der Waals surface area contributed by atoms with Crippen molar-refractivity contribution in [2.75, 3.05) is 26.6 Å². The van der Waals surface area contributed by atoms with Crippen LogP contribution in [0.3, 0.4) is 0 Å². The van der Waals surface area contributed by atoms with E-state index in [-0.39, 0.29) is 5.56 Å². The standard InChI is InChI=1S/C20H21N3O4/c1-12-18(13-5-7-14(25-2)8-6-13)22-20(23-19(12)24)21-16-10-9-15(26-3)11-17(16)27-4/h5-11H,1-4H3,(H2,21,22,23,24). The molecule has 7 nitrogen and oxygen atoms in total. The maximum atomic E-state index is 12.4. The second kappa shape index (κ2) is 7.82. The monoisotopic (exact) mass is 367 g/mol. The van der Waals surface area contributed by atoms with Gasteiger partial charge < -0.3 is 19.5 Å². The van der Waals surface area contributed by atoms with Crippen molar-refractivity contribution < 1.29 is 14.2 Å². The molecule has 0 fully saturated rings. The Labute approximate surface area is 156 Å². The Kier molecular flexibility index (Phi) is 5.30. The van der Waals surface area contributed by atoms with E-state index in [0.717, 1.165) is 11.3 Å². The van der Waals surface area contributed by atoms with E-state index >= 15 is 0 Å². The molecule has 0 radical (unpaired) electrons. The highest BCUT2D eigenvalue weighted by atomic mass is 16.5. The van der Waals surface area contributed by atoms with Crippen LogP contribution in [0.25, 0.3) is 11.3 Å². The number of benzene rings is 2. The normalized spacial score (nSPS) is 10.4. The van der Waals surface area contributed by atoms with Gasteiger partial charge in [0.1, 0.15) is 17.2 Å². The van der Waals surface area contributed by atoms with Crippen LogP contribution in [0.1, 0.15) is 5.56 Å². The first-order chi connectivity index (χ1) is 13.0. The highest BCUT2D eigenvalue weighted by Crippen LogP contribution is 2.31. The van der Waals surface area contributed by atoms with Gasteiger partial charge in [0.25, 0.3) is 5.56 Å². The van der Waals surface area contributed by atoms with Crippen molar-refractivity contribution >= 4 is 11.6 Å². The number of nitrogens with one attached hydrogen (secondary N) is 2. The van der Waals surface area contributed by atoms with E-state index in [1.165, 1.54) is 0 Å². The van der Waals surface area contributed by atoms with Gasteiger partial charge in [-0.1, -0.05) is 0 Å². The van der Waals surface area contributed by atoms with Crippen molar-refractivity contribution in [1.82, 2.24) is 9.97 Å². The molecule has 27 heavy (non-hydrogen) atoms. The van der Waals surface area contributed by atoms with Crippen molar-refractivity contribution in [3.05, 3.63) is 58.4 Å². The van der Waals surface area contributed by atoms with E-state index in [2.05, 4.69) is 15.3 Å². The molecule has 0 aliphatic carbocycles. The molecule has 1 heterocycles. The van der Waals surface area contributed by atoms with E-state index in [1.54, 1.807) is 46.5 Å². The Hall–Kier alpha value is -3.48. The summed E-state index contributed by atoms with van der Waals surface area (Å²) in [6.45, 7) is 1.74. The molecule has 0 saturated carbocycles. The van der Waals surface area contributed by atoms with Crippen molar-refractivity contribution in [1.29, 1.82) is 0 Å². The summed E-state index contributed by atoms with van der Waals surface area (Å²) in [5, 5.41) is 3.10. The van der Waals surface area contributed by atoms with Gasteiger partial charge in [0.05, 0.1) is 32.7 Å². The Bertz CT molecular complexity index is 997. The number of aromatic nitrogens is 2. The second-order valence-electron chi connectivity index (χ2n) is 5.81. The zero-order chi connectivity index (χ0) is 19.4. The molecule has 0 aliphatic heterocycles. The highest BCUT2D eigenvalue weighted by Gasteiger charge is 2.12. The number of hydrogen-bond donors (Lipinski definition) is 2. The first kappa shape index (κ1) is 18.3. The van der Waals surface area contributed by atoms with Crippen LogP contribution in [0.5, 0.6) is 17.2 Å². The van der Waals surface area contributed by atoms with Crippen LogP contribution in [-0.2, 0) is 0 Å². The first-order valence-corrected chi connectivity index (χ1v) is 8.30. The summed E-state index contributed by atoms with van der Waals surface area (Å²) in [6, 6.07) is 12.7. The molecule has 140 valence electrons. The lowest BCUT2D eigenvalue weighted by Gasteiger charge is -2.13. The Morgan fingerprint density at radius 3 is 2.22 bits per heavy atom. The van der Waals surface area contributed by atoms with Gasteiger partial charge in [0.15, 0.2) is 0 Å². The predicted molar refractivity (Wildman–Crippen MR) is 104 cm³/mol. The first-order valence-electron chi connectivity index (χ1n) is 8.30. The zero-order valence-corrected chi connectivity index (χ0v) is 15.6. The van der Waals surface area contributed by atoms with Gasteiger partial charge in [0, 0.05) is 17.2 Å². The molecule has 2 aromatic carbocycles. The average Bonchev–Trinajstić information content (AvgIpc) is 2.71. The van der Waals surface area contributed by atoms with E-state index in [0.29, 0.717) is 34.4 Å². The van der Waals surface area contributed by atoms with Gasteiger partial charge in [-0.15, -0.1) is 0 Å². The summed E-state index contributed by atoms with van der Waals surface area (Å²) < 4.78 is 15.8. The van der Waals surface area contributed by atoms with Gasteiger partial charge in [0.2, 0.25) is 5.95 Å². The van der Waals surface area contributed by atoms with Crippen LogP contribution in [0.15, 0.2) is 47.3 Å². The highest BCUT2D eigenvalue weighted by molar-refractivity contribution is 5.68. The second-order valence-corrected chi connectivity index (χ2v) is 5.81. The van der Waals surface area contributed by atoms with Crippen molar-refractivity contribution in [3.63, 3.8) is 0 Å². The number of hydrogen-bond acceptors (Lipinski definition) is 6. The van der Waals surface area contributed by atoms with Crippen LogP contribution in [-0.4, -0.2) is 31.3 Å². The SMILES string of the molecule is COc1ccc(-c2nc(Nc3ccc(OC)cc3OC)[nH]c(=O)c2C)cc1. The largest absolute Gasteiger partial charge is 0.497 e. The quantitative estimate of drug-likeness (QED) is 0.693. The summed E-state index contributed by atoms with van der Waals surface area (Å²) >= 11 is 0. The van der Waals surface area contributed by atoms with Crippen LogP contribution in [0, 0.1) is 6.92 Å². The molecule has 7 heteroatoms. The molecule has 0 unspecified atom stereocenters. The molecule has 1 aromatic heterocycles. The molecule has 2 N–H and O–H groups in total. The fraction of sp³-hybridized carbons (Fsp3) is 0.200. The third-order valence-electron chi connectivity index (χ3n) is 4.18. The van der Waals surface area contributed by atoms with E-state index < -0.39 is 0 Å². The molecule has 0 atom stereocenters. The third kappa shape index (κ3) is 3.87. The molecular formula is C20H21N3O4. The van der Waals surface area contributed by atoms with Crippen molar-refractivity contribution in [2.45, 2.75) is 6.92 Å². The molecular weight excluding hydrogens is 346 g/mol. The molecule has 3 aromatic rings. The van der Waals surface area contributed by atoms with Gasteiger partial charge in [-0.05, 0) is 43.3 Å². The lowest BCUT2D eigenvalue weighted by molar-refractivity contribution is 0.395. The number of anilines is 2. The van der Waals surface area contributed by atoms with E-state index in [4.69, 9.17) is 14.2 Å². The Morgan fingerprint density at radius 1 is 0.926 bits per heavy atom. The topological polar surface area (TPSA) is 85.5 Å². The van der Waals surface area contributed by atoms with E-state index in [1.807, 2.05) is 24.3 Å². The van der Waals surface area contributed by atoms with Crippen LogP contribution < -0.4 is 25.1 Å². The predicted octanol–water partition coefficient (Wildman–Crippen LogP) is 3.51. The Morgan fingerprint density at radius 2 is 1.59 bits per heavy atom. The maximum absolute atomic E-state index is 12.4. The molecule has 0 amide bonds. The number of H-pyrrole nitrogens is 1. The summed E-state index contributed by atoms with van der Waals surface area (Å²) in [5.74, 6) is 2.30. The van der Waals surface area contributed by atoms with Gasteiger partial charge in [-0.25, -0.2) is 4.98 Å². The van der Waals surface area contributed by atoms with Gasteiger partial charge in [-0.3, -0.25) is 9.78 Å². The zero-order valence-electron chi connectivity index (χ0n) is 15.6. The summed E-state index contributed by atoms with van der Waals surface area (Å²) in [6.07, 6.45) is 0. The lowest BCUT2D eigenvalue weighted by Crippen LogP contribution is -2.15. The number of rotatable bonds is 6. The van der Waals surface area contributed by atoms with Crippen molar-refractivity contribution in [2.24, 2.45) is 0 Å². The summed E-state index contributed by atoms with van der Waals surface area (Å²) in [7, 11) is 4.76. The Balaban J connectivity index is 2.00. The number of aromatic amines is 1. The molecule has 0 bridgehead atoms. The van der Waals surface area contributed by atoms with Crippen LogP contribution >= 0.6 is 0 Å². The molecule has 0 spiro atoms. The van der Waals surface area contributed by atoms with Crippen LogP contribution in [0.4, 0.5) is 11.6 Å². The maximum Gasteiger partial charge on any atom is 0.255 e. The van der Waals surface area contributed by atoms with Gasteiger partial charge >= 0.3 is 0 Å². The lowest BCUT2D eigenvalue weighted by atomic mass is 10.1. The fourth-order valence-electron chi connectivity index (χ4n) is 2.65. The fourth-order valence-corrected chi connectivity index (χ4v) is 2.65. The number of nitrogens with zero attached hydrogens (tertiary/aromatic N) is 1. The van der Waals surface area contributed by atoms with E-state index in [9.17, 15) is 4.79 Å². The minimum atomic E-state index is -0.217. The number of methoxy groups -OCH3 is 3. The van der Waals surface area contributed by atoms with Crippen molar-refractivity contribution in [3.8, 4) is 28.5 Å². The average molecular weight is 367 g/mol. The molecule has 3 rings (SSSR count). The number of ether oxygens (including phenoxy) is 3. The smallest absolute Gasteiger partial charge is 0.255 e. The summed E-state index contributed by atoms with van der Waals surface area (Å²) in [5.41, 5.74) is 2.39. The minimum Gasteiger partial charge on any atom is -0.497 e. The summed E-state index contributed by atoms with van der Waals surface area (Å²) in [4.78, 5) is 19.7. The third-order valence-corrected chi connectivity index (χ3v) is 4.18. The molecule has 0 aliphatic rings. The van der Waals surface area contributed by atoms with Gasteiger partial charge in [-0.2, -0.15) is 0 Å². The van der Waals surface area contributed by atoms with Crippen LogP contribution in [0.2, 0.25) is 0 Å². The minimum absolute atomic E-state index is 0.217. The molecule has 0 saturated heterocycles.